The summed E-state index contributed by atoms with van der Waals surface area (Å²) in [7, 11) is -5.49. The Morgan fingerprint density at radius 1 is 0.700 bits per heavy atom. The first kappa shape index (κ1) is 62.0. The number of ether oxygens (including phenoxy) is 3. The maximum Gasteiger partial charge on any atom is 0.380 e. The first-order chi connectivity index (χ1) is 38.5. The molecule has 6 aromatic heterocycles. The molecular weight excluding hydrogens is 1250 g/mol. The molecule has 4 saturated carbocycles. The van der Waals surface area contributed by atoms with Crippen molar-refractivity contribution >= 4 is 164 Å². The molecule has 80 heavy (non-hydrogen) atoms. The van der Waals surface area contributed by atoms with Crippen LogP contribution in [0, 0.1) is 5.13 Å². The van der Waals surface area contributed by atoms with Crippen molar-refractivity contribution in [2.45, 2.75) is 118 Å². The molecule has 1 amide bonds. The van der Waals surface area contributed by atoms with E-state index in [1.165, 1.54) is 72.6 Å². The van der Waals surface area contributed by atoms with Crippen molar-refractivity contribution < 1.29 is 184 Å². The van der Waals surface area contributed by atoms with Crippen LogP contribution in [-0.4, -0.2) is 129 Å². The van der Waals surface area contributed by atoms with Crippen LogP contribution in [0.2, 0.25) is 0 Å². The second kappa shape index (κ2) is 29.5. The molecule has 0 spiro atoms. The lowest BCUT2D eigenvalue weighted by molar-refractivity contribution is -0.135. The van der Waals surface area contributed by atoms with Crippen molar-refractivity contribution in [2.75, 3.05) is 38.9 Å². The Morgan fingerprint density at radius 2 is 1.24 bits per heavy atom. The van der Waals surface area contributed by atoms with Crippen molar-refractivity contribution in [1.29, 1.82) is 0 Å². The molecule has 2 atom stereocenters. The zero-order valence-electron chi connectivity index (χ0n) is 122. The fourth-order valence-corrected chi connectivity index (χ4v) is 18.7. The molecule has 18 nitrogen and oxygen atoms in total. The Bertz CT molecular complexity index is 3470. The highest BCUT2D eigenvalue weighted by atomic mass is 32.2. The van der Waals surface area contributed by atoms with Crippen LogP contribution in [0.3, 0.4) is 0 Å². The number of carbonyl (C=O) groups is 4. The number of thiazole rings is 1. The summed E-state index contributed by atoms with van der Waals surface area (Å²) in [5.74, 6) is -3.26. The number of hydrogen-bond donors (Lipinski definition) is 3. The van der Waals surface area contributed by atoms with Crippen LogP contribution >= 0.6 is 104 Å². The Kier molecular flexibility index (Phi) is 22.8. The van der Waals surface area contributed by atoms with Crippen LogP contribution in [0.25, 0.3) is 0 Å². The number of ketones is 1. The van der Waals surface area contributed by atoms with Crippen molar-refractivity contribution in [3.63, 3.8) is 0 Å². The van der Waals surface area contributed by atoms with E-state index in [0.717, 1.165) is 42.5 Å². The standard InChI is InChI=1S/C16H16FN3O5S3.C13H15NO6S2.C10H10O3S2.C7H8S2.C4H4S2.80H/c17-12-7-18-16(27-12)19-15(21)14(20-25-9-5-6-24-8-9)11-3-4-13(26-11)28(22,23)10-1-2-10;15-13(16)12(14-20-8-5-6-19-7-8)10-3-4-11(21-10)22(17,18)9-1-2-9;1-13-10(12)9(11)7-4-5-8(15-7)14-6-2-3-6;1-2-7(8-5-1)9-6-3-4-6;5-4-2-1-3-6-4;;;;;;;;;;;;;;;;;;;;;;;;;;;;;;;;;;;;;;;;;;;;;;;;;;;;;;;;;;;;;;;;;;;;;;;;;;;;;;;;/h3-4,7,9-10H,1-2,5-6,8H2,(H,18,19,21);3-4,8-9H,1-2,5-7H2,(H,15,16);4-6H,2-3H2,1H3;1-2,5-6H,3-4H2;1-3,5H;;;;;;;;;;;;;;;;;;;;;;;;;;;;;;;;;;;;;;;;;;;;;;;;;;;;;;;;;;;;;;;;;;;;;;;;;;;;;;;;/q;;;;;80*-1/b20-14+;14-12+;;;;;;;;;;;;;;;;;;;;;;;;;;;;;;;;;;;;;;;;;;;;;;;;;;;;;;;;;;;;;;;;;;;;;;;;;;;;;;;;;;;/t9-;8-;;;;;;;;;;;;;;;;;;;;;;;;;;;;;;;;;;;;;;;;;;;;;;;;;;;;;;;;;;;;;;;;;;;;;;;;;;;;;;;;;;;/m11.................................................................................../s1/i;;;;;80*1+1. The molecule has 6 fully saturated rings. The number of nitrogens with zero attached hydrogens (tertiary/aromatic N) is 3. The first-order valence-electron chi connectivity index (χ1n) is 24.8. The number of hydrogen-bond acceptors (Lipinski definition) is 25. The molecule has 590 valence electrons. The molecule has 2 aliphatic heterocycles. The van der Waals surface area contributed by atoms with Gasteiger partial charge in [0.15, 0.2) is 47.9 Å². The van der Waals surface area contributed by atoms with Crippen LogP contribution in [-0.2, 0) is 57.9 Å². The van der Waals surface area contributed by atoms with E-state index < -0.39 is 48.4 Å². The highest BCUT2D eigenvalue weighted by Crippen LogP contribution is 2.43. The van der Waals surface area contributed by atoms with E-state index in [9.17, 15) is 45.5 Å². The summed E-state index contributed by atoms with van der Waals surface area (Å²) in [5.41, 5.74) is -0.376. The number of aliphatic carboxylic acids is 1. The molecule has 4 aliphatic carbocycles. The van der Waals surface area contributed by atoms with Gasteiger partial charge in [0.05, 0.1) is 77.5 Å². The number of sulfone groups is 2. The zero-order chi connectivity index (χ0) is 56.8. The minimum Gasteiger partial charge on any atom is -1.00 e. The molecule has 0 unspecified atom stereocenters. The molecule has 2 N–H and O–H groups in total. The van der Waals surface area contributed by atoms with Gasteiger partial charge in [-0.15, -0.1) is 92.8 Å². The van der Waals surface area contributed by atoms with E-state index in [1.54, 1.807) is 29.2 Å². The van der Waals surface area contributed by atoms with Gasteiger partial charge < -0.3 is 143 Å². The lowest BCUT2D eigenvalue weighted by Crippen LogP contribution is -2.24. The number of amides is 1. The van der Waals surface area contributed by atoms with Crippen LogP contribution in [0.4, 0.5) is 9.52 Å². The van der Waals surface area contributed by atoms with Gasteiger partial charge in [-0.25, -0.2) is 31.4 Å². The number of thiol groups is 1. The molecule has 0 bridgehead atoms. The zero-order valence-corrected chi connectivity index (χ0v) is 51.4. The Balaban J connectivity index is -0.00000000765. The number of carbonyl (C=O) groups excluding carboxylic acids is 3. The number of thioether (sulfide) groups is 2. The third kappa shape index (κ3) is 19.0. The summed E-state index contributed by atoms with van der Waals surface area (Å²) in [6.45, 7) is 1.85. The second-order valence-electron chi connectivity index (χ2n) is 18.0. The monoisotopic (exact) mass is 1470 g/mol. The van der Waals surface area contributed by atoms with Gasteiger partial charge in [0.2, 0.25) is 5.71 Å². The van der Waals surface area contributed by atoms with Crippen LogP contribution < -0.4 is 5.32 Å². The maximum atomic E-state index is 13.1. The number of oxime groups is 2. The van der Waals surface area contributed by atoms with E-state index in [-0.39, 0.29) is 167 Å². The number of rotatable bonds is 19. The Hall–Kier alpha value is -4.05. The smallest absolute Gasteiger partial charge is 0.380 e. The van der Waals surface area contributed by atoms with Crippen molar-refractivity contribution in [1.82, 2.24) is 4.98 Å². The highest BCUT2D eigenvalue weighted by Gasteiger charge is 2.39. The van der Waals surface area contributed by atoms with E-state index in [2.05, 4.69) is 55.5 Å². The number of carboxylic acids is 1. The van der Waals surface area contributed by atoms with E-state index in [0.29, 0.717) is 91.3 Å². The first-order valence-corrected chi connectivity index (χ1v) is 35.1. The molecule has 12 rings (SSSR count). The van der Waals surface area contributed by atoms with Gasteiger partial charge in [0.1, 0.15) is 8.42 Å². The fraction of sp³-hybridized carbons (Fsp3) is 0.420. The van der Waals surface area contributed by atoms with Crippen molar-refractivity contribution in [3.05, 3.63) is 97.4 Å². The Morgan fingerprint density at radius 3 is 1.68 bits per heavy atom. The summed E-state index contributed by atoms with van der Waals surface area (Å²) in [4.78, 5) is 61.8. The van der Waals surface area contributed by atoms with Crippen LogP contribution in [0.1, 0.15) is 198 Å². The van der Waals surface area contributed by atoms with Gasteiger partial charge in [-0.3, -0.25) is 14.9 Å². The molecule has 6 aromatic rings. The predicted octanol–water partition coefficient (Wildman–Crippen LogP) is 20.1. The normalized spacial score (nSPS) is 18.9. The van der Waals surface area contributed by atoms with Crippen molar-refractivity contribution in [2.24, 2.45) is 10.3 Å². The molecular formula is C50H133FN4O14S11-80. The quantitative estimate of drug-likeness (QED) is 0.0170. The SMILES string of the molecule is COC(=O)C(=O)c1ccc(SC2CC2)s1.O=C(Nc1ncc(F)s1)/C(=N/O[C@@H]1CCOC1)c1ccc(S(=O)(=O)C2CC2)s1.O=C(O)/C(=N/O[C@@H]1CCOC1)c1ccc(S(=O)(=O)C2CC2)s1.Sc1cccs1.[2H-].[2H-].[2H-].[2H-].[2H-].[2H-].[2H-].[2H-].[2H-].[2H-].[2H-].[2H-].[2H-].[2H-].[2H-].[2H-].[2H-].[2H-].[2H-].[2H-].[2H-].[2H-].[2H-].[2H-].[2H-].[2H-].[2H-].[2H-].[2H-].[2H-].[2H-].[2H-].[2H-].[2H-].[2H-].[2H-].[2H-].[2H-].[2H-].[2H-].[2H-].[2H-].[2H-].[2H-].[2H-].[2H-].[2H-].[2H-].[2H-].[2H-].[2H-].[2H-].[2H-].[2H-].[2H-].[2H-].[2H-].[2H-].[2H-].[2H-].[2H-].[2H-].[2H-].[2H-].[2H-].[2H-].[2H-].[2H-].[2H-].[2H-].[2H-].[2H-].[2H-].[2H-].[2H-].[2H-].[2H-].[2H-].[2H-].[2H-].c1csc(SC2CC2)c1. The van der Waals surface area contributed by atoms with Gasteiger partial charge in [-0.05, 0) is 111 Å². The highest BCUT2D eigenvalue weighted by molar-refractivity contribution is 8.02. The lowest BCUT2D eigenvalue weighted by Gasteiger charge is -2.08. The number of nitrogens with one attached hydrogen (secondary N) is 1. The average molecular weight is 1470 g/mol. The summed E-state index contributed by atoms with van der Waals surface area (Å²) < 4.78 is 81.0. The minimum atomic E-state index is -3.38. The largest absolute Gasteiger partial charge is 1.00 e. The minimum absolute atomic E-state index is 0. The predicted molar refractivity (Wildman–Crippen MR) is 404 cm³/mol. The van der Waals surface area contributed by atoms with Gasteiger partial charge in [-0.2, -0.15) is 4.39 Å². The number of Topliss-reactive ketones (excluding diaryl/α,β-unsaturated/α-hetero) is 1. The molecule has 0 aromatic carbocycles. The molecule has 30 heteroatoms. The van der Waals surface area contributed by atoms with Gasteiger partial charge >= 0.3 is 11.9 Å². The summed E-state index contributed by atoms with van der Waals surface area (Å²) in [6, 6.07) is 17.7. The lowest BCUT2D eigenvalue weighted by atomic mass is 10.3. The summed E-state index contributed by atoms with van der Waals surface area (Å²) in [6.07, 6.45) is 9.75. The number of carboxylic acid groups (broad SMARTS) is 1. The van der Waals surface area contributed by atoms with Crippen molar-refractivity contribution in [3.8, 4) is 0 Å². The molecule has 2 saturated heterocycles. The van der Waals surface area contributed by atoms with E-state index >= 15 is 0 Å². The summed E-state index contributed by atoms with van der Waals surface area (Å²) >= 11 is 15.3. The molecule has 8 heterocycles. The Labute approximate surface area is 617 Å². The maximum absolute atomic E-state index is 13.1. The molecule has 0 radical (unpaired) electrons. The van der Waals surface area contributed by atoms with Crippen LogP contribution in [0.5, 0.6) is 0 Å². The number of aromatic nitrogens is 1. The third-order valence-corrected chi connectivity index (χ3v) is 26.0. The average Bonchev–Trinajstić information content (AvgIpc) is 1.64. The topological polar surface area (TPSA) is 253 Å². The number of halogens is 1. The summed E-state index contributed by atoms with van der Waals surface area (Å²) in [5, 5.41) is 24.0. The van der Waals surface area contributed by atoms with Gasteiger partial charge in [0, 0.05) is 23.3 Å². The number of anilines is 1. The van der Waals surface area contributed by atoms with Gasteiger partial charge in [-0.1, -0.05) is 33.8 Å². The third-order valence-electron chi connectivity index (χ3n) is 11.4. The van der Waals surface area contributed by atoms with E-state index in [4.69, 9.17) is 19.1 Å². The second-order valence-corrected chi connectivity index (χ2v) is 33.0. The molecule has 6 aliphatic rings. The number of thiophene rings is 5. The number of esters is 1. The number of methoxy groups -OCH3 is 1. The van der Waals surface area contributed by atoms with Crippen LogP contribution in [0.15, 0.2) is 109 Å². The van der Waals surface area contributed by atoms with Gasteiger partial charge in [0.25, 0.3) is 11.7 Å². The van der Waals surface area contributed by atoms with E-state index in [1.807, 2.05) is 46.7 Å². The fourth-order valence-electron chi connectivity index (χ4n) is 6.59.